The second-order valence-electron chi connectivity index (χ2n) is 17.9. The van der Waals surface area contributed by atoms with E-state index in [1.165, 1.54) is 18.2 Å². The Hall–Kier alpha value is -9.57. The van der Waals surface area contributed by atoms with Crippen molar-refractivity contribution in [1.82, 2.24) is 35.5 Å². The summed E-state index contributed by atoms with van der Waals surface area (Å²) in [5, 5.41) is 25.6. The number of isocyanates is 1. The van der Waals surface area contributed by atoms with E-state index < -0.39 is 0 Å². The number of aliphatic imine (C=N–C) groups is 4. The summed E-state index contributed by atoms with van der Waals surface area (Å²) in [5.41, 5.74) is 12.7. The number of nitrogens with two attached hydrogens (primary N) is 1. The fraction of sp³-hybridized carbons (Fsp3) is 0.224. The van der Waals surface area contributed by atoms with E-state index in [4.69, 9.17) is 48.6 Å². The zero-order chi connectivity index (χ0) is 66.8. The van der Waals surface area contributed by atoms with Gasteiger partial charge in [0.15, 0.2) is 6.73 Å². The molecule has 0 aliphatic carbocycles. The maximum absolute atomic E-state index is 12.4. The molecule has 4 aromatic heterocycles. The molecule has 513 valence electrons. The number of nitrogen functional groups attached to an aromatic ring is 1. The molecular weight excluding hydrogens is 1360 g/mol. The van der Waals surface area contributed by atoms with Crippen molar-refractivity contribution in [3.05, 3.63) is 217 Å². The molecule has 97 heavy (non-hydrogen) atoms. The van der Waals surface area contributed by atoms with E-state index in [1.54, 1.807) is 153 Å². The van der Waals surface area contributed by atoms with Crippen molar-refractivity contribution in [2.24, 2.45) is 20.0 Å². The first-order valence-corrected chi connectivity index (χ1v) is 30.0. The fourth-order valence-corrected chi connectivity index (χ4v) is 7.45. The third kappa shape index (κ3) is 40.4. The molecule has 4 aromatic carbocycles. The number of aromatic nitrogens is 4. The molecule has 0 unspecified atom stereocenters. The van der Waals surface area contributed by atoms with E-state index in [0.29, 0.717) is 54.7 Å². The Bertz CT molecular complexity index is 3480. The number of ether oxygens (including phenoxy) is 2. The third-order valence-electron chi connectivity index (χ3n) is 11.3. The molecule has 2 fully saturated rings. The number of halogens is 3. The Balaban J connectivity index is -0.000000348. The number of carbonyl (C=O) groups is 4. The second kappa shape index (κ2) is 57.8. The van der Waals surface area contributed by atoms with Gasteiger partial charge in [0.1, 0.15) is 34.8 Å². The predicted molar refractivity (Wildman–Crippen MR) is 394 cm³/mol. The number of anilines is 4. The number of hydrogen-bond donors (Lipinski definition) is 6. The minimum atomic E-state index is -0.258. The van der Waals surface area contributed by atoms with E-state index in [0.717, 1.165) is 64.6 Å². The van der Waals surface area contributed by atoms with Gasteiger partial charge in [0, 0.05) is 172 Å². The topological polar surface area (TPSA) is 349 Å². The summed E-state index contributed by atoms with van der Waals surface area (Å²) in [6.45, 7) is 3.83. The number of aldehydes is 1. The molecule has 6 amide bonds. The van der Waals surface area contributed by atoms with Gasteiger partial charge in [-0.2, -0.15) is 0 Å². The van der Waals surface area contributed by atoms with Crippen LogP contribution in [0.1, 0.15) is 44.8 Å². The van der Waals surface area contributed by atoms with Crippen LogP contribution >= 0.6 is 39.1 Å². The van der Waals surface area contributed by atoms with Crippen molar-refractivity contribution in [2.45, 2.75) is 14.9 Å². The molecular formula is C67H85BBrCl2N15NaO10. The minimum Gasteiger partial charge on any atom is -1.00 e. The first-order valence-electron chi connectivity index (χ1n) is 27.8. The summed E-state index contributed by atoms with van der Waals surface area (Å²) in [7, 11) is 5.20. The van der Waals surface area contributed by atoms with Crippen LogP contribution in [0.5, 0.6) is 23.0 Å². The number of benzene rings is 4. The number of rotatable bonds is 16. The number of amides is 6. The molecule has 6 heterocycles. The smallest absolute Gasteiger partial charge is 1.00 e. The maximum atomic E-state index is 12.4. The molecule has 30 heteroatoms. The SMILES string of the molecule is C.C.CN=Cc1ccc(O)cc1.CN=Cc1ccc(OCBr)cc1.CN=Cc1ccc(OCN2CCN(c3ccncc3)C2=O)cc1.Nc1ccncc1.O.O=C(NCCCl)Nc1ccncc1.O=C1NCCN1c1ccncc1.O=C=NCCCl.O=Cc1ccc(O)cc1.[2HH].[B].[H-].[Na+]. The molecule has 2 aliphatic heterocycles. The third-order valence-corrected chi connectivity index (χ3v) is 11.9. The predicted octanol–water partition coefficient (Wildman–Crippen LogP) is 8.23. The number of nitrogens with zero attached hydrogens (tertiary/aromatic N) is 11. The van der Waals surface area contributed by atoms with Crippen LogP contribution in [0.25, 0.3) is 0 Å². The van der Waals surface area contributed by atoms with E-state index in [9.17, 15) is 24.0 Å². The molecule has 3 radical (unpaired) electrons. The Morgan fingerprint density at radius 3 is 1.45 bits per heavy atom. The quantitative estimate of drug-likeness (QED) is 0.0174. The number of phenolic OH excluding ortho intramolecular Hbond substituents is 2. The van der Waals surface area contributed by atoms with Crippen molar-refractivity contribution in [3.8, 4) is 23.0 Å². The van der Waals surface area contributed by atoms with Gasteiger partial charge >= 0.3 is 47.7 Å². The van der Waals surface area contributed by atoms with Crippen molar-refractivity contribution in [2.75, 3.05) is 105 Å². The van der Waals surface area contributed by atoms with Gasteiger partial charge in [0.2, 0.25) is 6.08 Å². The number of hydrogen-bond acceptors (Lipinski definition) is 18. The Labute approximate surface area is 612 Å². The zero-order valence-corrected chi connectivity index (χ0v) is 57.9. The summed E-state index contributed by atoms with van der Waals surface area (Å²) in [6.07, 6.45) is 20.7. The van der Waals surface area contributed by atoms with Crippen LogP contribution < -0.4 is 70.5 Å². The Morgan fingerprint density at radius 1 is 0.660 bits per heavy atom. The number of aromatic hydroxyl groups is 2. The van der Waals surface area contributed by atoms with Crippen LogP contribution in [0.3, 0.4) is 0 Å². The summed E-state index contributed by atoms with van der Waals surface area (Å²) >= 11 is 13.7. The average molecular weight is 1450 g/mol. The fourth-order valence-electron chi connectivity index (χ4n) is 7.01. The number of phenols is 2. The van der Waals surface area contributed by atoms with Gasteiger partial charge in [-0.3, -0.25) is 54.4 Å². The van der Waals surface area contributed by atoms with E-state index in [-0.39, 0.29) is 97.5 Å². The van der Waals surface area contributed by atoms with Crippen molar-refractivity contribution >= 4 is 119 Å². The summed E-state index contributed by atoms with van der Waals surface area (Å²) in [5.74, 6) is 2.86. The van der Waals surface area contributed by atoms with Gasteiger partial charge in [0.05, 0.1) is 6.54 Å². The zero-order valence-electron chi connectivity index (χ0n) is 53.8. The van der Waals surface area contributed by atoms with Crippen molar-refractivity contribution in [3.63, 3.8) is 0 Å². The standard InChI is InChI=1S/C17H18N4O2.C9H10BrNO.C8H10ClN3O.C8H9N3O.C8H9NO.C7H6O2.C5H6N2.C3H4ClNO.2CH4.B.Na.H2O.H2.H/c1-18-12-14-2-4-16(5-3-14)23-13-20-10-11-21(17(20)22)15-6-8-19-9-7-15;1-11-6-8-2-4-9(5-3-8)12-7-10;9-3-6-11-8(13)12-7-1-4-10-5-2-7;12-8-10-5-6-11(8)7-1-3-9-4-2-7;1-9-6-7-2-4-8(10)5-3-7;8-5-6-1-3-7(9)4-2-6;6-5-1-3-7-4-2-5;4-1-2-5-3-6;;;;;;;/h2-9,12H,10-11,13H2,1H3;2-6H,7H2,1H3;1-2,4-5H,3,6H2,(H2,10,11,12,13);1-4H,5-6H2,(H,10,12);2-6,10H,1H3;1-5,9H;1-4H,(H2,6,7);1-2H2;2*1H4;;;1H2;1H;/q;;;;;;;;;;;+1;;;-1/i;;;;;;;;;;;;;1+1;. The van der Waals surface area contributed by atoms with Gasteiger partial charge in [-0.05, 0) is 178 Å². The monoisotopic (exact) mass is 1440 g/mol. The molecule has 8 aromatic rings. The first-order chi connectivity index (χ1) is 44.8. The van der Waals surface area contributed by atoms with Gasteiger partial charge in [-0.15, -0.1) is 23.2 Å². The van der Waals surface area contributed by atoms with Crippen molar-refractivity contribution in [1.29, 1.82) is 0 Å². The second-order valence-corrected chi connectivity index (χ2v) is 19.1. The van der Waals surface area contributed by atoms with E-state index in [1.807, 2.05) is 84.9 Å². The van der Waals surface area contributed by atoms with Crippen LogP contribution in [0.15, 0.2) is 215 Å². The number of urea groups is 3. The van der Waals surface area contributed by atoms with Gasteiger partial charge in [-0.1, -0.05) is 14.9 Å². The normalized spacial score (nSPS) is 11.0. The van der Waals surface area contributed by atoms with Gasteiger partial charge < -0.3 is 48.3 Å². The summed E-state index contributed by atoms with van der Waals surface area (Å²) < 4.78 is 10.9. The van der Waals surface area contributed by atoms with Crippen LogP contribution in [-0.4, -0.2) is 182 Å². The Morgan fingerprint density at radius 2 is 1.08 bits per heavy atom. The molecule has 2 aliphatic rings. The molecule has 2 saturated heterocycles. The largest absolute Gasteiger partial charge is 1.00 e. The molecule has 9 N–H and O–H groups in total. The molecule has 10 rings (SSSR count). The van der Waals surface area contributed by atoms with Crippen LogP contribution in [0.2, 0.25) is 0 Å². The number of nitrogens with one attached hydrogen (secondary N) is 3. The molecule has 0 atom stereocenters. The van der Waals surface area contributed by atoms with E-state index >= 15 is 0 Å². The maximum Gasteiger partial charge on any atom is 1.00 e. The summed E-state index contributed by atoms with van der Waals surface area (Å²) in [4.78, 5) is 89.3. The van der Waals surface area contributed by atoms with Gasteiger partial charge in [0.25, 0.3) is 0 Å². The number of pyridine rings is 4. The summed E-state index contributed by atoms with van der Waals surface area (Å²) in [6, 6.07) is 42.2. The Kier molecular flexibility index (Phi) is 54.6. The molecule has 0 bridgehead atoms. The van der Waals surface area contributed by atoms with Crippen LogP contribution in [0, 0.1) is 0 Å². The van der Waals surface area contributed by atoms with Crippen LogP contribution in [0.4, 0.5) is 37.1 Å². The molecule has 25 nitrogen and oxygen atoms in total. The van der Waals surface area contributed by atoms with Crippen LogP contribution in [-0.2, 0) is 4.79 Å². The number of carbonyl (C=O) groups excluding carboxylic acids is 5. The number of alkyl halides is 3. The minimum absolute atomic E-state index is 0. The van der Waals surface area contributed by atoms with Gasteiger partial charge in [-0.25, -0.2) is 24.2 Å². The first kappa shape index (κ1) is 91.6. The van der Waals surface area contributed by atoms with Crippen molar-refractivity contribution < 1.29 is 81.5 Å². The van der Waals surface area contributed by atoms with E-state index in [2.05, 4.69) is 71.8 Å². The average Bonchev–Trinajstić information content (AvgIpc) is 1.78. The molecule has 0 spiro atoms. The molecule has 0 saturated carbocycles.